The largest absolute Gasteiger partial charge is 0.344 e. The van der Waals surface area contributed by atoms with Gasteiger partial charge in [0, 0.05) is 30.8 Å². The molecule has 3 rings (SSSR count). The molecule has 1 N–H and O–H groups in total. The Hall–Kier alpha value is -2.14. The molecule has 1 atom stereocenters. The molecule has 4 nitrogen and oxygen atoms in total. The van der Waals surface area contributed by atoms with E-state index in [1.165, 1.54) is 5.56 Å². The number of carbonyl (C=O) groups excluding carboxylic acids is 2. The number of amides is 2. The second-order valence-corrected chi connectivity index (χ2v) is 7.57. The average molecular weight is 356 g/mol. The number of hydrogen-bond acceptors (Lipinski definition) is 3. The van der Waals surface area contributed by atoms with Crippen LogP contribution in [0.2, 0.25) is 0 Å². The fraction of sp³-hybridized carbons (Fsp3) is 0.400. The van der Waals surface area contributed by atoms with Crippen molar-refractivity contribution >= 4 is 23.2 Å². The normalized spacial score (nSPS) is 16.5. The number of nitrogens with one attached hydrogen (secondary N) is 1. The number of likely N-dealkylation sites (tertiary alicyclic amines) is 1. The first-order chi connectivity index (χ1) is 12.1. The van der Waals surface area contributed by atoms with Crippen molar-refractivity contribution in [1.29, 1.82) is 0 Å². The van der Waals surface area contributed by atoms with Crippen molar-refractivity contribution in [2.75, 3.05) is 13.1 Å². The average Bonchev–Trinajstić information content (AvgIpc) is 3.14. The van der Waals surface area contributed by atoms with Crippen LogP contribution >= 0.6 is 11.3 Å². The van der Waals surface area contributed by atoms with Gasteiger partial charge in [-0.05, 0) is 42.3 Å². The van der Waals surface area contributed by atoms with E-state index in [-0.39, 0.29) is 23.8 Å². The SMILES string of the molecule is CC(=O)N1CCC(C(=O)NC(c2cccs2)c2ccccc2C)CC1. The summed E-state index contributed by atoms with van der Waals surface area (Å²) in [6.45, 7) is 5.00. The number of aryl methyl sites for hydroxylation is 1. The van der Waals surface area contributed by atoms with Gasteiger partial charge in [0.25, 0.3) is 0 Å². The highest BCUT2D eigenvalue weighted by atomic mass is 32.1. The third-order valence-corrected chi connectivity index (χ3v) is 5.86. The highest BCUT2D eigenvalue weighted by Crippen LogP contribution is 2.29. The molecule has 0 saturated carbocycles. The van der Waals surface area contributed by atoms with E-state index in [4.69, 9.17) is 0 Å². The molecule has 1 unspecified atom stereocenters. The zero-order valence-corrected chi connectivity index (χ0v) is 15.5. The van der Waals surface area contributed by atoms with Gasteiger partial charge < -0.3 is 10.2 Å². The lowest BCUT2D eigenvalue weighted by Crippen LogP contribution is -2.43. The zero-order valence-electron chi connectivity index (χ0n) is 14.7. The molecule has 5 heteroatoms. The van der Waals surface area contributed by atoms with Crippen molar-refractivity contribution in [1.82, 2.24) is 10.2 Å². The Balaban J connectivity index is 1.74. The minimum atomic E-state index is -0.112. The van der Waals surface area contributed by atoms with Crippen LogP contribution in [0, 0.1) is 12.8 Å². The van der Waals surface area contributed by atoms with Crippen LogP contribution in [0.4, 0.5) is 0 Å². The predicted octanol–water partition coefficient (Wildman–Crippen LogP) is 3.52. The standard InChI is InChI=1S/C20H24N2O2S/c1-14-6-3-4-7-17(14)19(18-8-5-13-25-18)21-20(24)16-9-11-22(12-10-16)15(2)23/h3-8,13,16,19H,9-12H2,1-2H3,(H,21,24). The Morgan fingerprint density at radius 1 is 1.16 bits per heavy atom. The van der Waals surface area contributed by atoms with Crippen molar-refractivity contribution < 1.29 is 9.59 Å². The molecular weight excluding hydrogens is 332 g/mol. The van der Waals surface area contributed by atoms with Gasteiger partial charge in [0.15, 0.2) is 0 Å². The van der Waals surface area contributed by atoms with E-state index in [0.29, 0.717) is 13.1 Å². The van der Waals surface area contributed by atoms with E-state index in [9.17, 15) is 9.59 Å². The third-order valence-electron chi connectivity index (χ3n) is 4.92. The van der Waals surface area contributed by atoms with E-state index in [0.717, 1.165) is 23.3 Å². The molecule has 132 valence electrons. The van der Waals surface area contributed by atoms with Gasteiger partial charge in [-0.1, -0.05) is 30.3 Å². The Kier molecular flexibility index (Phi) is 5.53. The van der Waals surface area contributed by atoms with Gasteiger partial charge in [-0.3, -0.25) is 9.59 Å². The Labute approximate surface area is 152 Å². The first kappa shape index (κ1) is 17.7. The number of thiophene rings is 1. The highest BCUT2D eigenvalue weighted by Gasteiger charge is 2.28. The second kappa shape index (κ2) is 7.83. The quantitative estimate of drug-likeness (QED) is 0.911. The number of piperidine rings is 1. The molecule has 1 aromatic heterocycles. The number of carbonyl (C=O) groups is 2. The fourth-order valence-electron chi connectivity index (χ4n) is 3.39. The van der Waals surface area contributed by atoms with Crippen LogP contribution in [-0.2, 0) is 9.59 Å². The number of rotatable bonds is 4. The van der Waals surface area contributed by atoms with E-state index >= 15 is 0 Å². The minimum absolute atomic E-state index is 0.0259. The maximum absolute atomic E-state index is 12.9. The summed E-state index contributed by atoms with van der Waals surface area (Å²) in [5.41, 5.74) is 2.31. The Bertz CT molecular complexity index is 734. The predicted molar refractivity (Wildman–Crippen MR) is 100 cm³/mol. The van der Waals surface area contributed by atoms with Crippen LogP contribution in [0.1, 0.15) is 41.8 Å². The first-order valence-corrected chi connectivity index (χ1v) is 9.59. The van der Waals surface area contributed by atoms with E-state index in [1.54, 1.807) is 18.3 Å². The number of benzene rings is 1. The molecule has 1 saturated heterocycles. The van der Waals surface area contributed by atoms with Gasteiger partial charge in [0.1, 0.15) is 0 Å². The number of hydrogen-bond donors (Lipinski definition) is 1. The smallest absolute Gasteiger partial charge is 0.224 e. The Morgan fingerprint density at radius 3 is 2.48 bits per heavy atom. The molecule has 1 aromatic carbocycles. The highest BCUT2D eigenvalue weighted by molar-refractivity contribution is 7.10. The molecule has 0 radical (unpaired) electrons. The molecule has 0 aliphatic carbocycles. The second-order valence-electron chi connectivity index (χ2n) is 6.59. The molecule has 0 spiro atoms. The molecule has 2 aromatic rings. The first-order valence-electron chi connectivity index (χ1n) is 8.71. The van der Waals surface area contributed by atoms with Crippen LogP contribution < -0.4 is 5.32 Å². The maximum atomic E-state index is 12.9. The van der Waals surface area contributed by atoms with Crippen molar-refractivity contribution in [3.63, 3.8) is 0 Å². The summed E-state index contributed by atoms with van der Waals surface area (Å²) in [6.07, 6.45) is 1.46. The van der Waals surface area contributed by atoms with Crippen LogP contribution in [0.15, 0.2) is 41.8 Å². The molecule has 25 heavy (non-hydrogen) atoms. The summed E-state index contributed by atoms with van der Waals surface area (Å²) >= 11 is 1.66. The fourth-order valence-corrected chi connectivity index (χ4v) is 4.18. The van der Waals surface area contributed by atoms with Crippen LogP contribution in [-0.4, -0.2) is 29.8 Å². The molecule has 0 bridgehead atoms. The summed E-state index contributed by atoms with van der Waals surface area (Å²) in [4.78, 5) is 27.3. The van der Waals surface area contributed by atoms with Crippen molar-refractivity contribution in [2.24, 2.45) is 5.92 Å². The van der Waals surface area contributed by atoms with Crippen molar-refractivity contribution in [3.05, 3.63) is 57.8 Å². The van der Waals surface area contributed by atoms with Crippen LogP contribution in [0.3, 0.4) is 0 Å². The molecule has 1 fully saturated rings. The van der Waals surface area contributed by atoms with Gasteiger partial charge in [0.2, 0.25) is 11.8 Å². The summed E-state index contributed by atoms with van der Waals surface area (Å²) in [5.74, 6) is 0.155. The van der Waals surface area contributed by atoms with E-state index in [1.807, 2.05) is 28.5 Å². The summed E-state index contributed by atoms with van der Waals surface area (Å²) < 4.78 is 0. The van der Waals surface area contributed by atoms with Gasteiger partial charge in [0.05, 0.1) is 6.04 Å². The van der Waals surface area contributed by atoms with Crippen LogP contribution in [0.25, 0.3) is 0 Å². The molecule has 2 heterocycles. The minimum Gasteiger partial charge on any atom is -0.344 e. The lowest BCUT2D eigenvalue weighted by molar-refractivity contribution is -0.134. The van der Waals surface area contributed by atoms with Gasteiger partial charge in [-0.15, -0.1) is 11.3 Å². The van der Waals surface area contributed by atoms with E-state index in [2.05, 4.69) is 30.4 Å². The van der Waals surface area contributed by atoms with E-state index < -0.39 is 0 Å². The van der Waals surface area contributed by atoms with Gasteiger partial charge >= 0.3 is 0 Å². The van der Waals surface area contributed by atoms with Crippen LogP contribution in [0.5, 0.6) is 0 Å². The summed E-state index contributed by atoms with van der Waals surface area (Å²) in [7, 11) is 0. The monoisotopic (exact) mass is 356 g/mol. The molecule has 2 amide bonds. The molecular formula is C20H24N2O2S. The molecule has 1 aliphatic rings. The lowest BCUT2D eigenvalue weighted by Gasteiger charge is -2.31. The number of nitrogens with zero attached hydrogens (tertiary/aromatic N) is 1. The van der Waals surface area contributed by atoms with Crippen molar-refractivity contribution in [2.45, 2.75) is 32.7 Å². The summed E-state index contributed by atoms with van der Waals surface area (Å²) in [5, 5.41) is 5.30. The maximum Gasteiger partial charge on any atom is 0.224 e. The Morgan fingerprint density at radius 2 is 1.88 bits per heavy atom. The van der Waals surface area contributed by atoms with Crippen molar-refractivity contribution in [3.8, 4) is 0 Å². The topological polar surface area (TPSA) is 49.4 Å². The zero-order chi connectivity index (χ0) is 17.8. The van der Waals surface area contributed by atoms with Gasteiger partial charge in [-0.25, -0.2) is 0 Å². The lowest BCUT2D eigenvalue weighted by atomic mass is 9.94. The molecule has 1 aliphatic heterocycles. The third kappa shape index (κ3) is 4.10. The van der Waals surface area contributed by atoms with Gasteiger partial charge in [-0.2, -0.15) is 0 Å². The summed E-state index contributed by atoms with van der Waals surface area (Å²) in [6, 6.07) is 12.2.